The van der Waals surface area contributed by atoms with Gasteiger partial charge in [0.1, 0.15) is 6.61 Å². The number of aryl methyl sites for hydroxylation is 1. The van der Waals surface area contributed by atoms with Crippen LogP contribution in [0.2, 0.25) is 0 Å². The van der Waals surface area contributed by atoms with Crippen LogP contribution in [0.15, 0.2) is 54.6 Å². The van der Waals surface area contributed by atoms with Crippen LogP contribution in [0.1, 0.15) is 5.56 Å². The smallest absolute Gasteiger partial charge is 0.230 e. The number of nitrogens with one attached hydrogen (secondary N) is 1. The summed E-state index contributed by atoms with van der Waals surface area (Å²) < 4.78 is 5.67. The van der Waals surface area contributed by atoms with Crippen molar-refractivity contribution in [2.45, 2.75) is 13.5 Å². The van der Waals surface area contributed by atoms with Gasteiger partial charge >= 0.3 is 0 Å². The van der Waals surface area contributed by atoms with Gasteiger partial charge in [0, 0.05) is 24.1 Å². The Hall–Kier alpha value is -3.33. The molecule has 0 aliphatic carbocycles. The molecule has 1 N–H and O–H groups in total. The Morgan fingerprint density at radius 2 is 2.04 bits per heavy atom. The van der Waals surface area contributed by atoms with Crippen LogP contribution in [0.5, 0.6) is 5.88 Å². The number of ether oxygens (including phenoxy) is 1. The fourth-order valence-corrected chi connectivity index (χ4v) is 3.17. The lowest BCUT2D eigenvalue weighted by atomic mass is 10.1. The average molecular weight is 379 g/mol. The molecule has 3 heterocycles. The Labute approximate surface area is 159 Å². The summed E-state index contributed by atoms with van der Waals surface area (Å²) in [5, 5.41) is 11.3. The van der Waals surface area contributed by atoms with Crippen molar-refractivity contribution in [3.05, 3.63) is 60.1 Å². The molecule has 0 saturated heterocycles. The Morgan fingerprint density at radius 1 is 1.15 bits per heavy atom. The molecule has 0 spiro atoms. The molecule has 1 aromatic carbocycles. The molecule has 0 atom stereocenters. The third kappa shape index (κ3) is 4.45. The van der Waals surface area contributed by atoms with E-state index in [-0.39, 0.29) is 0 Å². The van der Waals surface area contributed by atoms with Gasteiger partial charge in [0.15, 0.2) is 0 Å². The molecule has 0 unspecified atom stereocenters. The summed E-state index contributed by atoms with van der Waals surface area (Å²) in [5.41, 5.74) is 4.99. The highest BCUT2D eigenvalue weighted by atomic mass is 32.1. The first-order valence-corrected chi connectivity index (χ1v) is 9.22. The second-order valence-corrected chi connectivity index (χ2v) is 6.66. The zero-order valence-electron chi connectivity index (χ0n) is 14.6. The molecule has 136 valence electrons. The van der Waals surface area contributed by atoms with E-state index in [9.17, 15) is 0 Å². The van der Waals surface area contributed by atoms with Gasteiger partial charge in [-0.15, -0.1) is 11.3 Å². The molecule has 0 radical (unpaired) electrons. The van der Waals surface area contributed by atoms with Crippen LogP contribution >= 0.6 is 11.3 Å². The third-order valence-corrected chi connectivity index (χ3v) is 4.51. The summed E-state index contributed by atoms with van der Waals surface area (Å²) in [4.78, 5) is 15.5. The number of aromatic nitrogens is 6. The lowest BCUT2D eigenvalue weighted by Gasteiger charge is -2.10. The number of nitrogens with zero attached hydrogens (tertiary/aromatic N) is 6. The van der Waals surface area contributed by atoms with Crippen molar-refractivity contribution >= 4 is 23.0 Å². The van der Waals surface area contributed by atoms with E-state index in [1.54, 1.807) is 40.8 Å². The minimum Gasteiger partial charge on any atom is -0.475 e. The second kappa shape index (κ2) is 7.92. The number of anilines is 2. The lowest BCUT2D eigenvalue weighted by Crippen LogP contribution is -2.11. The molecular weight excluding hydrogens is 362 g/mol. The molecular formula is C18H17N7OS. The first-order valence-electron chi connectivity index (χ1n) is 8.34. The van der Waals surface area contributed by atoms with Crippen molar-refractivity contribution in [1.29, 1.82) is 0 Å². The van der Waals surface area contributed by atoms with Gasteiger partial charge in [-0.25, -0.2) is 4.98 Å². The predicted octanol–water partition coefficient (Wildman–Crippen LogP) is 3.32. The summed E-state index contributed by atoms with van der Waals surface area (Å²) in [6, 6.07) is 7.95. The van der Waals surface area contributed by atoms with Crippen LogP contribution in [0.4, 0.5) is 11.6 Å². The molecule has 0 saturated carbocycles. The van der Waals surface area contributed by atoms with Crippen LogP contribution in [-0.2, 0) is 6.54 Å². The normalized spacial score (nSPS) is 10.7. The molecule has 0 aliphatic heterocycles. The topological polar surface area (TPSA) is 90.6 Å². The first kappa shape index (κ1) is 17.1. The summed E-state index contributed by atoms with van der Waals surface area (Å²) in [6.45, 7) is 3.03. The highest BCUT2D eigenvalue weighted by Gasteiger charge is 2.06. The van der Waals surface area contributed by atoms with Gasteiger partial charge < -0.3 is 10.1 Å². The molecule has 3 aromatic heterocycles. The molecule has 8 nitrogen and oxygen atoms in total. The van der Waals surface area contributed by atoms with Crippen molar-refractivity contribution in [1.82, 2.24) is 29.9 Å². The zero-order valence-corrected chi connectivity index (χ0v) is 15.4. The third-order valence-electron chi connectivity index (χ3n) is 3.69. The number of thiazole rings is 1. The van der Waals surface area contributed by atoms with E-state index in [0.717, 1.165) is 21.7 Å². The van der Waals surface area contributed by atoms with Gasteiger partial charge in [-0.1, -0.05) is 6.07 Å². The van der Waals surface area contributed by atoms with Crippen molar-refractivity contribution < 1.29 is 4.74 Å². The Bertz CT molecular complexity index is 1000. The van der Waals surface area contributed by atoms with Gasteiger partial charge in [-0.3, -0.25) is 4.98 Å². The number of benzene rings is 1. The van der Waals surface area contributed by atoms with Gasteiger partial charge in [-0.05, 0) is 30.2 Å². The van der Waals surface area contributed by atoms with Crippen LogP contribution in [0.3, 0.4) is 0 Å². The summed E-state index contributed by atoms with van der Waals surface area (Å²) in [7, 11) is 0. The van der Waals surface area contributed by atoms with Crippen LogP contribution in [0.25, 0.3) is 10.4 Å². The fraction of sp³-hybridized carbons (Fsp3) is 0.167. The molecule has 0 aliphatic rings. The van der Waals surface area contributed by atoms with Crippen molar-refractivity contribution in [3.63, 3.8) is 0 Å². The van der Waals surface area contributed by atoms with E-state index in [2.05, 4.69) is 49.5 Å². The van der Waals surface area contributed by atoms with Gasteiger partial charge in [-0.2, -0.15) is 20.0 Å². The maximum absolute atomic E-state index is 5.67. The molecule has 4 aromatic rings. The van der Waals surface area contributed by atoms with Crippen LogP contribution < -0.4 is 10.1 Å². The average Bonchev–Trinajstić information content (AvgIpc) is 3.36. The van der Waals surface area contributed by atoms with E-state index in [0.29, 0.717) is 25.0 Å². The van der Waals surface area contributed by atoms with E-state index < -0.39 is 0 Å². The molecule has 0 bridgehead atoms. The minimum absolute atomic E-state index is 0.422. The standard InChI is InChI=1S/C18H17N7OS/c1-13-8-14(16-11-19-12-27-16)10-15(9-13)23-18-20-3-2-17(24-18)26-7-6-25-21-4-5-22-25/h2-5,8-12H,6-7H2,1H3,(H,20,23,24). The van der Waals surface area contributed by atoms with Gasteiger partial charge in [0.05, 0.1) is 29.3 Å². The highest BCUT2D eigenvalue weighted by molar-refractivity contribution is 7.13. The fourth-order valence-electron chi connectivity index (χ4n) is 2.56. The second-order valence-electron chi connectivity index (χ2n) is 5.77. The Balaban J connectivity index is 1.45. The summed E-state index contributed by atoms with van der Waals surface area (Å²) in [6.07, 6.45) is 6.80. The minimum atomic E-state index is 0.422. The van der Waals surface area contributed by atoms with E-state index in [1.807, 2.05) is 17.8 Å². The van der Waals surface area contributed by atoms with E-state index in [1.165, 1.54) is 0 Å². The summed E-state index contributed by atoms with van der Waals surface area (Å²) in [5.74, 6) is 0.973. The zero-order chi connectivity index (χ0) is 18.5. The molecule has 0 amide bonds. The summed E-state index contributed by atoms with van der Waals surface area (Å²) >= 11 is 1.61. The number of rotatable bonds is 7. The largest absolute Gasteiger partial charge is 0.475 e. The van der Waals surface area contributed by atoms with Gasteiger partial charge in [0.25, 0.3) is 0 Å². The maximum atomic E-state index is 5.67. The first-order chi connectivity index (χ1) is 13.3. The van der Waals surface area contributed by atoms with Crippen molar-refractivity contribution in [2.75, 3.05) is 11.9 Å². The van der Waals surface area contributed by atoms with Crippen LogP contribution in [0, 0.1) is 6.92 Å². The molecule has 27 heavy (non-hydrogen) atoms. The lowest BCUT2D eigenvalue weighted by molar-refractivity contribution is 0.272. The van der Waals surface area contributed by atoms with Crippen molar-refractivity contribution in [3.8, 4) is 16.3 Å². The molecule has 0 fully saturated rings. The van der Waals surface area contributed by atoms with E-state index in [4.69, 9.17) is 4.74 Å². The Morgan fingerprint density at radius 3 is 2.85 bits per heavy atom. The number of hydrogen-bond donors (Lipinski definition) is 1. The van der Waals surface area contributed by atoms with Crippen molar-refractivity contribution in [2.24, 2.45) is 0 Å². The molecule has 4 rings (SSSR count). The highest BCUT2D eigenvalue weighted by Crippen LogP contribution is 2.28. The Kier molecular flexibility index (Phi) is 5.01. The predicted molar refractivity (Wildman–Crippen MR) is 103 cm³/mol. The molecule has 9 heteroatoms. The number of hydrogen-bond acceptors (Lipinski definition) is 8. The van der Waals surface area contributed by atoms with Gasteiger partial charge in [0.2, 0.25) is 11.8 Å². The maximum Gasteiger partial charge on any atom is 0.230 e. The van der Waals surface area contributed by atoms with E-state index >= 15 is 0 Å². The monoisotopic (exact) mass is 379 g/mol. The van der Waals surface area contributed by atoms with Crippen LogP contribution in [-0.4, -0.2) is 36.6 Å². The quantitative estimate of drug-likeness (QED) is 0.527. The SMILES string of the molecule is Cc1cc(Nc2nccc(OCCn3nccn3)n2)cc(-c2cncs2)c1.